The van der Waals surface area contributed by atoms with Crippen LogP contribution in [0.3, 0.4) is 0 Å². The van der Waals surface area contributed by atoms with Gasteiger partial charge < -0.3 is 15.6 Å². The molecular formula is C17H19F5N6O. The second-order valence-corrected chi connectivity index (χ2v) is 6.65. The number of aromatic nitrogens is 4. The molecule has 1 amide bonds. The van der Waals surface area contributed by atoms with Gasteiger partial charge in [-0.2, -0.15) is 13.2 Å². The summed E-state index contributed by atoms with van der Waals surface area (Å²) in [6.45, 7) is -1.49. The minimum atomic E-state index is -4.56. The van der Waals surface area contributed by atoms with Gasteiger partial charge in [-0.1, -0.05) is 0 Å². The van der Waals surface area contributed by atoms with E-state index in [4.69, 9.17) is 0 Å². The van der Waals surface area contributed by atoms with Crippen molar-refractivity contribution in [1.82, 2.24) is 25.3 Å². The molecule has 0 radical (unpaired) electrons. The van der Waals surface area contributed by atoms with Gasteiger partial charge in [-0.15, -0.1) is 0 Å². The van der Waals surface area contributed by atoms with Crippen molar-refractivity contribution in [2.24, 2.45) is 0 Å². The van der Waals surface area contributed by atoms with Crippen LogP contribution in [0.25, 0.3) is 22.4 Å². The van der Waals surface area contributed by atoms with Crippen LogP contribution in [-0.4, -0.2) is 44.1 Å². The number of nitrogens with zero attached hydrogens (tertiary/aromatic N) is 3. The van der Waals surface area contributed by atoms with Crippen LogP contribution in [0.4, 0.5) is 27.8 Å². The van der Waals surface area contributed by atoms with Crippen LogP contribution in [0.15, 0.2) is 24.7 Å². The van der Waals surface area contributed by atoms with Gasteiger partial charge in [0.05, 0.1) is 12.4 Å². The summed E-state index contributed by atoms with van der Waals surface area (Å²) in [6.07, 6.45) is -0.762. The van der Waals surface area contributed by atoms with Gasteiger partial charge in [-0.05, 0) is 18.9 Å². The Bertz CT molecular complexity index is 1110. The maximum atomic E-state index is 14.2. The van der Waals surface area contributed by atoms with E-state index in [1.165, 1.54) is 12.3 Å². The fourth-order valence-corrected chi connectivity index (χ4v) is 2.86. The van der Waals surface area contributed by atoms with Gasteiger partial charge in [0, 0.05) is 21.4 Å². The predicted molar refractivity (Wildman–Crippen MR) is 98.0 cm³/mol. The Morgan fingerprint density at radius 2 is 2.00 bits per heavy atom. The molecule has 4 rings (SSSR count). The van der Waals surface area contributed by atoms with E-state index in [9.17, 15) is 26.7 Å². The Kier molecular flexibility index (Phi) is 4.35. The van der Waals surface area contributed by atoms with E-state index in [0.29, 0.717) is 16.6 Å². The van der Waals surface area contributed by atoms with Crippen molar-refractivity contribution >= 4 is 22.8 Å². The zero-order valence-electron chi connectivity index (χ0n) is 14.6. The Morgan fingerprint density at radius 3 is 2.69 bits per heavy atom. The summed E-state index contributed by atoms with van der Waals surface area (Å²) < 4.78 is 64.7. The molecule has 0 saturated heterocycles. The number of hydrogen-bond donors (Lipinski definition) is 3. The lowest BCUT2D eigenvalue weighted by molar-refractivity contribution is -0.139. The van der Waals surface area contributed by atoms with Gasteiger partial charge in [0.2, 0.25) is 5.91 Å². The molecule has 0 bridgehead atoms. The largest absolute Gasteiger partial charge is 0.405 e. The monoisotopic (exact) mass is 418 g/mol. The number of aromatic amines is 1. The molecule has 3 aromatic rings. The van der Waals surface area contributed by atoms with E-state index >= 15 is 0 Å². The Hall–Kier alpha value is -3.31. The van der Waals surface area contributed by atoms with Gasteiger partial charge in [0.15, 0.2) is 17.5 Å². The van der Waals surface area contributed by atoms with E-state index in [1.807, 2.05) is 0 Å². The van der Waals surface area contributed by atoms with Crippen molar-refractivity contribution < 1.29 is 31.0 Å². The molecule has 7 nitrogen and oxygen atoms in total. The zero-order valence-corrected chi connectivity index (χ0v) is 14.6. The Morgan fingerprint density at radius 1 is 1.24 bits per heavy atom. The van der Waals surface area contributed by atoms with Gasteiger partial charge in [0.1, 0.15) is 23.5 Å². The molecule has 0 aliphatic heterocycles. The minimum absolute atomic E-state index is 0. The van der Waals surface area contributed by atoms with Crippen molar-refractivity contribution in [1.29, 1.82) is 0 Å². The molecule has 3 aromatic heterocycles. The van der Waals surface area contributed by atoms with Crippen molar-refractivity contribution in [3.05, 3.63) is 36.3 Å². The van der Waals surface area contributed by atoms with E-state index in [1.54, 1.807) is 5.32 Å². The fourth-order valence-electron chi connectivity index (χ4n) is 2.86. The summed E-state index contributed by atoms with van der Waals surface area (Å²) in [5, 5.41) is 4.75. The summed E-state index contributed by atoms with van der Waals surface area (Å²) in [5.41, 5.74) is -0.651. The number of alkyl halides is 3. The maximum absolute atomic E-state index is 14.2. The number of fused-ring (bicyclic) bond motifs is 1. The lowest BCUT2D eigenvalue weighted by Crippen LogP contribution is -2.45. The fraction of sp³-hybridized carbons (Fsp3) is 0.294. The van der Waals surface area contributed by atoms with Crippen LogP contribution >= 0.6 is 0 Å². The standard InChI is InChI=1S/C17H13F5N6O.3H2/c18-8-3-9-10(5-24-12(9)23-4-8)13-25-6-11(19)14(27-13)28-16(1-2-16)15(29)26-7-17(20,21)22;;;/h3-6H,1-2,7H2,(H,23,24)(H,26,29)(H,25,27,28);3*1H. The highest BCUT2D eigenvalue weighted by Gasteiger charge is 2.51. The average molecular weight is 418 g/mol. The van der Waals surface area contributed by atoms with Crippen molar-refractivity contribution in [3.8, 4) is 11.4 Å². The number of carbonyl (C=O) groups is 1. The van der Waals surface area contributed by atoms with Crippen molar-refractivity contribution in [2.45, 2.75) is 24.6 Å². The number of pyridine rings is 1. The number of rotatable bonds is 5. The minimum Gasteiger partial charge on any atom is -0.353 e. The molecule has 0 aromatic carbocycles. The Labute approximate surface area is 164 Å². The normalized spacial score (nSPS) is 15.3. The Balaban J connectivity index is 0.00000171. The number of halogens is 5. The van der Waals surface area contributed by atoms with Crippen LogP contribution in [0.5, 0.6) is 0 Å². The van der Waals surface area contributed by atoms with Crippen LogP contribution in [0, 0.1) is 11.6 Å². The van der Waals surface area contributed by atoms with E-state index in [-0.39, 0.29) is 28.8 Å². The summed E-state index contributed by atoms with van der Waals surface area (Å²) in [4.78, 5) is 26.7. The van der Waals surface area contributed by atoms with Gasteiger partial charge in [0.25, 0.3) is 0 Å². The SMILES string of the molecule is O=C(NCC(F)(F)F)C1(Nc2nc(-c3c[nH]c4ncc(F)cc34)ncc2F)CC1.[HH].[HH].[HH]. The van der Waals surface area contributed by atoms with Crippen LogP contribution in [0.1, 0.15) is 17.1 Å². The summed E-state index contributed by atoms with van der Waals surface area (Å²) in [6, 6.07) is 1.21. The molecule has 158 valence electrons. The lowest BCUT2D eigenvalue weighted by atomic mass is 10.2. The third kappa shape index (κ3) is 3.82. The average Bonchev–Trinajstić information content (AvgIpc) is 3.32. The first-order chi connectivity index (χ1) is 13.7. The molecular weight excluding hydrogens is 399 g/mol. The second kappa shape index (κ2) is 6.64. The first-order valence-corrected chi connectivity index (χ1v) is 8.46. The van der Waals surface area contributed by atoms with Gasteiger partial charge in [-0.25, -0.2) is 23.7 Å². The number of hydrogen-bond acceptors (Lipinski definition) is 5. The molecule has 0 spiro atoms. The van der Waals surface area contributed by atoms with E-state index < -0.39 is 35.8 Å². The number of carbonyl (C=O) groups excluding carboxylic acids is 1. The first kappa shape index (κ1) is 19.0. The maximum Gasteiger partial charge on any atom is 0.405 e. The summed E-state index contributed by atoms with van der Waals surface area (Å²) in [7, 11) is 0. The van der Waals surface area contributed by atoms with Crippen LogP contribution < -0.4 is 10.6 Å². The highest BCUT2D eigenvalue weighted by atomic mass is 19.4. The third-order valence-corrected chi connectivity index (χ3v) is 4.47. The number of nitrogens with one attached hydrogen (secondary N) is 3. The zero-order chi connectivity index (χ0) is 20.8. The second-order valence-electron chi connectivity index (χ2n) is 6.65. The summed E-state index contributed by atoms with van der Waals surface area (Å²) >= 11 is 0. The van der Waals surface area contributed by atoms with E-state index in [0.717, 1.165) is 12.4 Å². The molecule has 1 aliphatic carbocycles. The molecule has 3 N–H and O–H groups in total. The highest BCUT2D eigenvalue weighted by Crippen LogP contribution is 2.40. The predicted octanol–water partition coefficient (Wildman–Crippen LogP) is 3.66. The number of amides is 1. The number of anilines is 1. The molecule has 1 fully saturated rings. The molecule has 1 aliphatic rings. The molecule has 29 heavy (non-hydrogen) atoms. The van der Waals surface area contributed by atoms with E-state index in [2.05, 4.69) is 25.3 Å². The number of H-pyrrole nitrogens is 1. The van der Waals surface area contributed by atoms with Crippen LogP contribution in [-0.2, 0) is 4.79 Å². The van der Waals surface area contributed by atoms with Crippen LogP contribution in [0.2, 0.25) is 0 Å². The third-order valence-electron chi connectivity index (χ3n) is 4.47. The molecule has 0 unspecified atom stereocenters. The summed E-state index contributed by atoms with van der Waals surface area (Å²) in [5.74, 6) is -2.68. The van der Waals surface area contributed by atoms with Crippen molar-refractivity contribution in [2.75, 3.05) is 11.9 Å². The quantitative estimate of drug-likeness (QED) is 0.550. The van der Waals surface area contributed by atoms with Gasteiger partial charge >= 0.3 is 6.18 Å². The highest BCUT2D eigenvalue weighted by molar-refractivity contribution is 5.93. The smallest absolute Gasteiger partial charge is 0.353 e. The van der Waals surface area contributed by atoms with Crippen molar-refractivity contribution in [3.63, 3.8) is 0 Å². The first-order valence-electron chi connectivity index (χ1n) is 8.46. The molecule has 12 heteroatoms. The van der Waals surface area contributed by atoms with Gasteiger partial charge in [-0.3, -0.25) is 4.79 Å². The molecule has 0 atom stereocenters. The lowest BCUT2D eigenvalue weighted by Gasteiger charge is -2.19. The topological polar surface area (TPSA) is 95.6 Å². The molecule has 3 heterocycles. The molecule has 1 saturated carbocycles.